The summed E-state index contributed by atoms with van der Waals surface area (Å²) in [4.78, 5) is 8.31. The van der Waals surface area contributed by atoms with E-state index in [1.165, 1.54) is 0 Å². The predicted octanol–water partition coefficient (Wildman–Crippen LogP) is 2.47. The number of rotatable bonds is 5. The van der Waals surface area contributed by atoms with E-state index in [-0.39, 0.29) is 6.04 Å². The third-order valence-corrected chi connectivity index (χ3v) is 2.32. The van der Waals surface area contributed by atoms with Crippen LogP contribution in [0, 0.1) is 0 Å². The molecule has 78 valence electrons. The van der Waals surface area contributed by atoms with Crippen LogP contribution >= 0.6 is 11.6 Å². The smallest absolute Gasteiger partial charge is 0.129 e. The molecule has 14 heavy (non-hydrogen) atoms. The maximum atomic E-state index is 5.70. The van der Waals surface area contributed by atoms with E-state index in [2.05, 4.69) is 22.2 Å². The number of hydrogen-bond donors (Lipinski definition) is 1. The molecule has 1 aromatic rings. The molecule has 0 aliphatic carbocycles. The maximum absolute atomic E-state index is 5.70. The molecule has 0 aromatic carbocycles. The summed E-state index contributed by atoms with van der Waals surface area (Å²) in [7, 11) is 0. The van der Waals surface area contributed by atoms with E-state index in [1.807, 2.05) is 13.0 Å². The van der Waals surface area contributed by atoms with Crippen LogP contribution in [0.1, 0.15) is 26.0 Å². The molecule has 1 N–H and O–H groups in total. The van der Waals surface area contributed by atoms with Crippen LogP contribution in [0.5, 0.6) is 0 Å². The van der Waals surface area contributed by atoms with Gasteiger partial charge in [-0.3, -0.25) is 0 Å². The van der Waals surface area contributed by atoms with Crippen LogP contribution in [0.4, 0.5) is 5.82 Å². The zero-order valence-corrected chi connectivity index (χ0v) is 9.38. The van der Waals surface area contributed by atoms with Crippen LogP contribution < -0.4 is 5.32 Å². The Morgan fingerprint density at radius 3 is 2.93 bits per heavy atom. The number of nitrogens with one attached hydrogen (secondary N) is 1. The Kier molecular flexibility index (Phi) is 4.66. The lowest BCUT2D eigenvalue weighted by molar-refractivity contribution is 0.857. The summed E-state index contributed by atoms with van der Waals surface area (Å²) in [5.41, 5.74) is 1.08. The van der Waals surface area contributed by atoms with Gasteiger partial charge in [-0.1, -0.05) is 13.3 Å². The van der Waals surface area contributed by atoms with Gasteiger partial charge in [0.2, 0.25) is 0 Å². The van der Waals surface area contributed by atoms with E-state index in [9.17, 15) is 0 Å². The summed E-state index contributed by atoms with van der Waals surface area (Å²) >= 11 is 5.70. The van der Waals surface area contributed by atoms with Gasteiger partial charge < -0.3 is 5.32 Å². The molecule has 0 saturated carbocycles. The molecule has 4 heteroatoms. The monoisotopic (exact) mass is 213 g/mol. The van der Waals surface area contributed by atoms with Gasteiger partial charge in [-0.15, -0.1) is 11.6 Å². The number of aryl methyl sites for hydroxylation is 1. The van der Waals surface area contributed by atoms with E-state index in [0.717, 1.165) is 24.4 Å². The number of hydrogen-bond acceptors (Lipinski definition) is 3. The summed E-state index contributed by atoms with van der Waals surface area (Å²) in [6.45, 7) is 4.16. The Balaban J connectivity index is 2.63. The first kappa shape index (κ1) is 11.2. The Morgan fingerprint density at radius 2 is 2.29 bits per heavy atom. The third kappa shape index (κ3) is 3.50. The SMILES string of the molecule is CCCc1cc(NC(C)CCl)ncn1. The van der Waals surface area contributed by atoms with Crippen molar-refractivity contribution >= 4 is 17.4 Å². The van der Waals surface area contributed by atoms with Gasteiger partial charge >= 0.3 is 0 Å². The van der Waals surface area contributed by atoms with Crippen LogP contribution in [-0.2, 0) is 6.42 Å². The van der Waals surface area contributed by atoms with E-state index < -0.39 is 0 Å². The minimum atomic E-state index is 0.237. The highest BCUT2D eigenvalue weighted by Gasteiger charge is 2.02. The van der Waals surface area contributed by atoms with Crippen molar-refractivity contribution in [3.05, 3.63) is 18.1 Å². The van der Waals surface area contributed by atoms with Crippen molar-refractivity contribution in [2.75, 3.05) is 11.2 Å². The fourth-order valence-corrected chi connectivity index (χ4v) is 1.24. The van der Waals surface area contributed by atoms with Gasteiger partial charge in [0.15, 0.2) is 0 Å². The first-order chi connectivity index (χ1) is 6.76. The molecule has 0 radical (unpaired) electrons. The van der Waals surface area contributed by atoms with Crippen LogP contribution in [0.25, 0.3) is 0 Å². The second-order valence-electron chi connectivity index (χ2n) is 3.34. The van der Waals surface area contributed by atoms with Crippen LogP contribution in [-0.4, -0.2) is 21.9 Å². The van der Waals surface area contributed by atoms with Gasteiger partial charge in [0.1, 0.15) is 12.1 Å². The normalized spacial score (nSPS) is 12.5. The van der Waals surface area contributed by atoms with Crippen LogP contribution in [0.15, 0.2) is 12.4 Å². The van der Waals surface area contributed by atoms with E-state index >= 15 is 0 Å². The molecular weight excluding hydrogens is 198 g/mol. The zero-order valence-electron chi connectivity index (χ0n) is 8.63. The van der Waals surface area contributed by atoms with Gasteiger partial charge in [-0.25, -0.2) is 9.97 Å². The quantitative estimate of drug-likeness (QED) is 0.764. The summed E-state index contributed by atoms with van der Waals surface area (Å²) in [5.74, 6) is 1.43. The average Bonchev–Trinajstić information content (AvgIpc) is 2.19. The first-order valence-electron chi connectivity index (χ1n) is 4.89. The zero-order chi connectivity index (χ0) is 10.4. The lowest BCUT2D eigenvalue weighted by Gasteiger charge is -2.11. The Morgan fingerprint density at radius 1 is 1.50 bits per heavy atom. The van der Waals surface area contributed by atoms with Gasteiger partial charge in [0.25, 0.3) is 0 Å². The Labute approximate surface area is 89.9 Å². The molecule has 1 rings (SSSR count). The maximum Gasteiger partial charge on any atom is 0.129 e. The summed E-state index contributed by atoms with van der Waals surface area (Å²) < 4.78 is 0. The molecule has 1 atom stereocenters. The molecule has 0 aliphatic rings. The molecule has 3 nitrogen and oxygen atoms in total. The van der Waals surface area contributed by atoms with Crippen molar-refractivity contribution in [1.29, 1.82) is 0 Å². The van der Waals surface area contributed by atoms with Crippen molar-refractivity contribution in [2.24, 2.45) is 0 Å². The largest absolute Gasteiger partial charge is 0.366 e. The van der Waals surface area contributed by atoms with Crippen molar-refractivity contribution in [3.63, 3.8) is 0 Å². The molecule has 1 aromatic heterocycles. The molecule has 0 spiro atoms. The predicted molar refractivity (Wildman–Crippen MR) is 59.8 cm³/mol. The van der Waals surface area contributed by atoms with Crippen LogP contribution in [0.2, 0.25) is 0 Å². The number of nitrogens with zero attached hydrogens (tertiary/aromatic N) is 2. The number of alkyl halides is 1. The topological polar surface area (TPSA) is 37.8 Å². The molecule has 1 unspecified atom stereocenters. The molecular formula is C10H16ClN3. The molecule has 0 aliphatic heterocycles. The van der Waals surface area contributed by atoms with Crippen LogP contribution in [0.3, 0.4) is 0 Å². The molecule has 0 fully saturated rings. The minimum absolute atomic E-state index is 0.237. The standard InChI is InChI=1S/C10H16ClN3/c1-3-4-9-5-10(13-7-12-9)14-8(2)6-11/h5,7-8H,3-4,6H2,1-2H3,(H,12,13,14). The summed E-state index contributed by atoms with van der Waals surface area (Å²) in [6.07, 6.45) is 3.68. The van der Waals surface area contributed by atoms with E-state index in [4.69, 9.17) is 11.6 Å². The van der Waals surface area contributed by atoms with Crippen molar-refractivity contribution in [1.82, 2.24) is 9.97 Å². The highest BCUT2D eigenvalue weighted by molar-refractivity contribution is 6.18. The Bertz CT molecular complexity index is 278. The highest BCUT2D eigenvalue weighted by atomic mass is 35.5. The molecule has 1 heterocycles. The van der Waals surface area contributed by atoms with E-state index in [0.29, 0.717) is 5.88 Å². The fourth-order valence-electron chi connectivity index (χ4n) is 1.16. The first-order valence-corrected chi connectivity index (χ1v) is 5.43. The number of aromatic nitrogens is 2. The molecule has 0 saturated heterocycles. The second-order valence-corrected chi connectivity index (χ2v) is 3.65. The average molecular weight is 214 g/mol. The minimum Gasteiger partial charge on any atom is -0.366 e. The molecule has 0 bridgehead atoms. The fraction of sp³-hybridized carbons (Fsp3) is 0.600. The number of halogens is 1. The van der Waals surface area contributed by atoms with Gasteiger partial charge in [0, 0.05) is 23.7 Å². The van der Waals surface area contributed by atoms with Gasteiger partial charge in [-0.2, -0.15) is 0 Å². The molecule has 0 amide bonds. The second kappa shape index (κ2) is 5.81. The van der Waals surface area contributed by atoms with Gasteiger partial charge in [-0.05, 0) is 13.3 Å². The summed E-state index contributed by atoms with van der Waals surface area (Å²) in [5, 5.41) is 3.21. The van der Waals surface area contributed by atoms with Gasteiger partial charge in [0.05, 0.1) is 0 Å². The van der Waals surface area contributed by atoms with Crippen molar-refractivity contribution in [2.45, 2.75) is 32.7 Å². The Hall–Kier alpha value is -0.830. The highest BCUT2D eigenvalue weighted by Crippen LogP contribution is 2.07. The van der Waals surface area contributed by atoms with Crippen molar-refractivity contribution < 1.29 is 0 Å². The third-order valence-electron chi connectivity index (χ3n) is 1.86. The summed E-state index contributed by atoms with van der Waals surface area (Å²) in [6, 6.07) is 2.22. The number of anilines is 1. The lowest BCUT2D eigenvalue weighted by atomic mass is 10.2. The van der Waals surface area contributed by atoms with Crippen molar-refractivity contribution in [3.8, 4) is 0 Å². The van der Waals surface area contributed by atoms with E-state index in [1.54, 1.807) is 6.33 Å². The lowest BCUT2D eigenvalue weighted by Crippen LogP contribution is -2.17.